The molecule has 3 heterocycles. The van der Waals surface area contributed by atoms with Crippen LogP contribution in [0.15, 0.2) is 95.9 Å². The first-order chi connectivity index (χ1) is 15.7. The number of benzene rings is 3. The summed E-state index contributed by atoms with van der Waals surface area (Å²) in [5, 5.41) is 9.83. The van der Waals surface area contributed by atoms with E-state index in [1.54, 1.807) is 10.9 Å². The van der Waals surface area contributed by atoms with Crippen LogP contribution in [0.4, 0.5) is 0 Å². The Hall–Kier alpha value is -4.16. The molecule has 32 heavy (non-hydrogen) atoms. The number of aromatic nitrogens is 5. The number of hydrogen-bond acceptors (Lipinski definition) is 3. The molecule has 154 valence electrons. The van der Waals surface area contributed by atoms with Crippen LogP contribution in [0.3, 0.4) is 0 Å². The van der Waals surface area contributed by atoms with Gasteiger partial charge in [0.15, 0.2) is 5.65 Å². The summed E-state index contributed by atoms with van der Waals surface area (Å²) in [6.07, 6.45) is 1.61. The van der Waals surface area contributed by atoms with Crippen molar-refractivity contribution < 1.29 is 0 Å². The Bertz CT molecular complexity index is 1630. The summed E-state index contributed by atoms with van der Waals surface area (Å²) in [5.74, 6) is 0. The van der Waals surface area contributed by atoms with E-state index in [9.17, 15) is 4.79 Å². The minimum absolute atomic E-state index is 0.201. The van der Waals surface area contributed by atoms with Gasteiger partial charge in [-0.15, -0.1) is 0 Å². The first-order valence-electron chi connectivity index (χ1n) is 10.1. The molecule has 0 saturated heterocycles. The highest BCUT2D eigenvalue weighted by Gasteiger charge is 2.22. The Morgan fingerprint density at radius 1 is 0.812 bits per heavy atom. The third-order valence-electron chi connectivity index (χ3n) is 5.48. The zero-order valence-electron chi connectivity index (χ0n) is 16.7. The first-order valence-corrected chi connectivity index (χ1v) is 10.5. The molecule has 0 aliphatic rings. The standard InChI is InChI=1S/C25H16ClN5O/c26-17-13-11-16(12-14-17)22-21-23-20(25(32)29-30(23)18-7-3-1-4-8-18)15-27-24(21)31(28-22)19-9-5-2-6-10-19/h1-15H,(H,29,32). The van der Waals surface area contributed by atoms with Crippen LogP contribution >= 0.6 is 11.6 Å². The van der Waals surface area contributed by atoms with Gasteiger partial charge in [0.2, 0.25) is 0 Å². The molecule has 0 amide bonds. The van der Waals surface area contributed by atoms with Gasteiger partial charge in [-0.05, 0) is 36.4 Å². The lowest BCUT2D eigenvalue weighted by Gasteiger charge is -2.06. The summed E-state index contributed by atoms with van der Waals surface area (Å²) >= 11 is 6.13. The van der Waals surface area contributed by atoms with E-state index in [1.807, 2.05) is 89.6 Å². The van der Waals surface area contributed by atoms with Gasteiger partial charge in [0.1, 0.15) is 5.69 Å². The molecule has 0 saturated carbocycles. The fraction of sp³-hybridized carbons (Fsp3) is 0. The van der Waals surface area contributed by atoms with E-state index in [2.05, 4.69) is 10.1 Å². The van der Waals surface area contributed by atoms with Gasteiger partial charge in [-0.1, -0.05) is 60.1 Å². The number of nitrogens with zero attached hydrogens (tertiary/aromatic N) is 4. The lowest BCUT2D eigenvalue weighted by Crippen LogP contribution is -2.03. The fourth-order valence-electron chi connectivity index (χ4n) is 4.01. The molecule has 6 rings (SSSR count). The minimum Gasteiger partial charge on any atom is -0.267 e. The summed E-state index contributed by atoms with van der Waals surface area (Å²) in [6.45, 7) is 0. The van der Waals surface area contributed by atoms with E-state index in [0.29, 0.717) is 16.1 Å². The van der Waals surface area contributed by atoms with Crippen molar-refractivity contribution in [2.45, 2.75) is 0 Å². The number of nitrogens with one attached hydrogen (secondary N) is 1. The SMILES string of the molecule is O=c1[nH]n(-c2ccccc2)c2c1cnc1c2c(-c2ccc(Cl)cc2)nn1-c1ccccc1. The lowest BCUT2D eigenvalue weighted by molar-refractivity contribution is 0.893. The molecule has 7 heteroatoms. The molecule has 6 nitrogen and oxygen atoms in total. The summed E-state index contributed by atoms with van der Waals surface area (Å²) in [6, 6.07) is 27.1. The molecule has 0 aliphatic carbocycles. The highest BCUT2D eigenvalue weighted by molar-refractivity contribution is 6.30. The highest BCUT2D eigenvalue weighted by Crippen LogP contribution is 2.34. The largest absolute Gasteiger partial charge is 0.273 e. The Morgan fingerprint density at radius 3 is 2.16 bits per heavy atom. The van der Waals surface area contributed by atoms with E-state index in [-0.39, 0.29) is 5.56 Å². The van der Waals surface area contributed by atoms with Gasteiger partial charge in [-0.2, -0.15) is 5.10 Å². The van der Waals surface area contributed by atoms with Crippen molar-refractivity contribution in [1.29, 1.82) is 0 Å². The second-order valence-corrected chi connectivity index (χ2v) is 7.87. The summed E-state index contributed by atoms with van der Waals surface area (Å²) < 4.78 is 3.61. The van der Waals surface area contributed by atoms with Crippen molar-refractivity contribution in [3.63, 3.8) is 0 Å². The van der Waals surface area contributed by atoms with Crippen molar-refractivity contribution >= 4 is 33.5 Å². The van der Waals surface area contributed by atoms with Crippen molar-refractivity contribution in [3.05, 3.63) is 107 Å². The van der Waals surface area contributed by atoms with E-state index < -0.39 is 0 Å². The maximum atomic E-state index is 12.8. The Morgan fingerprint density at radius 2 is 1.47 bits per heavy atom. The van der Waals surface area contributed by atoms with Gasteiger partial charge in [0.25, 0.3) is 5.56 Å². The second-order valence-electron chi connectivity index (χ2n) is 7.43. The number of pyridine rings is 1. The van der Waals surface area contributed by atoms with Crippen LogP contribution in [0.2, 0.25) is 5.02 Å². The molecule has 0 fully saturated rings. The summed E-state index contributed by atoms with van der Waals surface area (Å²) in [5.41, 5.74) is 4.54. The topological polar surface area (TPSA) is 68.5 Å². The van der Waals surface area contributed by atoms with Crippen LogP contribution < -0.4 is 5.56 Å². The molecule has 0 bridgehead atoms. The molecule has 0 atom stereocenters. The van der Waals surface area contributed by atoms with Crippen LogP contribution in [0.1, 0.15) is 0 Å². The molecule has 0 unspecified atom stereocenters. The van der Waals surface area contributed by atoms with Gasteiger partial charge in [-0.3, -0.25) is 14.6 Å². The van der Waals surface area contributed by atoms with Crippen LogP contribution in [0.25, 0.3) is 44.6 Å². The molecule has 0 radical (unpaired) electrons. The number of hydrogen-bond donors (Lipinski definition) is 1. The van der Waals surface area contributed by atoms with Crippen LogP contribution in [0, 0.1) is 0 Å². The van der Waals surface area contributed by atoms with Gasteiger partial charge in [0, 0.05) is 16.8 Å². The van der Waals surface area contributed by atoms with E-state index in [4.69, 9.17) is 16.7 Å². The van der Waals surface area contributed by atoms with Crippen molar-refractivity contribution in [2.75, 3.05) is 0 Å². The smallest absolute Gasteiger partial charge is 0.267 e. The van der Waals surface area contributed by atoms with Gasteiger partial charge in [0.05, 0.1) is 27.7 Å². The quantitative estimate of drug-likeness (QED) is 0.404. The zero-order chi connectivity index (χ0) is 21.7. The lowest BCUT2D eigenvalue weighted by atomic mass is 10.1. The molecule has 1 N–H and O–H groups in total. The molecule has 6 aromatic rings. The number of fused-ring (bicyclic) bond motifs is 3. The average Bonchev–Trinajstić information content (AvgIpc) is 3.39. The predicted octanol–water partition coefficient (Wildman–Crippen LogP) is 5.37. The van der Waals surface area contributed by atoms with E-state index in [1.165, 1.54) is 0 Å². The van der Waals surface area contributed by atoms with Crippen molar-refractivity contribution in [2.24, 2.45) is 0 Å². The molecule has 0 aliphatic heterocycles. The Balaban J connectivity index is 1.78. The summed E-state index contributed by atoms with van der Waals surface area (Å²) in [4.78, 5) is 17.5. The average molecular weight is 438 g/mol. The van der Waals surface area contributed by atoms with Crippen molar-refractivity contribution in [1.82, 2.24) is 24.5 Å². The number of aromatic amines is 1. The maximum absolute atomic E-state index is 12.8. The van der Waals surface area contributed by atoms with Crippen LogP contribution in [-0.2, 0) is 0 Å². The maximum Gasteiger partial charge on any atom is 0.273 e. The number of H-pyrrole nitrogens is 1. The predicted molar refractivity (Wildman–Crippen MR) is 127 cm³/mol. The fourth-order valence-corrected chi connectivity index (χ4v) is 4.14. The number of rotatable bonds is 3. The third-order valence-corrected chi connectivity index (χ3v) is 5.74. The second kappa shape index (κ2) is 7.21. The monoisotopic (exact) mass is 437 g/mol. The number of para-hydroxylation sites is 2. The van der Waals surface area contributed by atoms with Gasteiger partial charge >= 0.3 is 0 Å². The molecule has 0 spiro atoms. The van der Waals surface area contributed by atoms with Crippen LogP contribution in [-0.4, -0.2) is 24.5 Å². The minimum atomic E-state index is -0.201. The molecular formula is C25H16ClN5O. The van der Waals surface area contributed by atoms with E-state index in [0.717, 1.165) is 33.5 Å². The zero-order valence-corrected chi connectivity index (χ0v) is 17.5. The first kappa shape index (κ1) is 18.6. The molecule has 3 aromatic carbocycles. The van der Waals surface area contributed by atoms with Crippen molar-refractivity contribution in [3.8, 4) is 22.6 Å². The highest BCUT2D eigenvalue weighted by atomic mass is 35.5. The molecular weight excluding hydrogens is 422 g/mol. The van der Waals surface area contributed by atoms with Gasteiger partial charge in [-0.25, -0.2) is 9.67 Å². The Kier molecular flexibility index (Phi) is 4.19. The van der Waals surface area contributed by atoms with E-state index >= 15 is 0 Å². The normalized spacial score (nSPS) is 11.4. The molecule has 3 aromatic heterocycles. The summed E-state index contributed by atoms with van der Waals surface area (Å²) in [7, 11) is 0. The number of halogens is 1. The van der Waals surface area contributed by atoms with Crippen LogP contribution in [0.5, 0.6) is 0 Å². The van der Waals surface area contributed by atoms with Gasteiger partial charge < -0.3 is 0 Å². The third kappa shape index (κ3) is 2.85. The Labute approximate surface area is 187 Å².